The van der Waals surface area contributed by atoms with Crippen LogP contribution in [0.5, 0.6) is 5.75 Å². The van der Waals surface area contributed by atoms with Crippen molar-refractivity contribution in [2.24, 2.45) is 5.73 Å². The van der Waals surface area contributed by atoms with Gasteiger partial charge in [0.25, 0.3) is 0 Å². The number of benzene rings is 1. The van der Waals surface area contributed by atoms with E-state index in [1.54, 1.807) is 0 Å². The highest BCUT2D eigenvalue weighted by Gasteiger charge is 2.07. The van der Waals surface area contributed by atoms with Crippen LogP contribution in [0.1, 0.15) is 24.5 Å². The molecule has 2 nitrogen and oxygen atoms in total. The Morgan fingerprint density at radius 2 is 2.19 bits per heavy atom. The standard InChI is InChI=1S/C13H18BrNO/c1-9(2)4-5-16-13-10(3)6-12(14)7-11(13)8-15/h6-7H,1,4-5,8,15H2,2-3H3. The van der Waals surface area contributed by atoms with Gasteiger partial charge in [-0.05, 0) is 31.5 Å². The molecule has 0 amide bonds. The van der Waals surface area contributed by atoms with Crippen molar-refractivity contribution >= 4 is 15.9 Å². The summed E-state index contributed by atoms with van der Waals surface area (Å²) in [6.07, 6.45) is 0.875. The van der Waals surface area contributed by atoms with Crippen molar-refractivity contribution in [1.29, 1.82) is 0 Å². The van der Waals surface area contributed by atoms with Crippen molar-refractivity contribution < 1.29 is 4.74 Å². The van der Waals surface area contributed by atoms with Gasteiger partial charge < -0.3 is 10.5 Å². The van der Waals surface area contributed by atoms with E-state index < -0.39 is 0 Å². The van der Waals surface area contributed by atoms with Gasteiger partial charge in [-0.2, -0.15) is 0 Å². The summed E-state index contributed by atoms with van der Waals surface area (Å²) in [4.78, 5) is 0. The highest BCUT2D eigenvalue weighted by molar-refractivity contribution is 9.10. The first kappa shape index (κ1) is 13.3. The second-order valence-corrected chi connectivity index (χ2v) is 4.89. The average molecular weight is 284 g/mol. The molecule has 0 aliphatic rings. The van der Waals surface area contributed by atoms with Crippen LogP contribution in [-0.4, -0.2) is 6.61 Å². The van der Waals surface area contributed by atoms with Gasteiger partial charge in [-0.1, -0.05) is 21.5 Å². The largest absolute Gasteiger partial charge is 0.493 e. The zero-order valence-electron chi connectivity index (χ0n) is 9.85. The maximum Gasteiger partial charge on any atom is 0.126 e. The molecule has 0 unspecified atom stereocenters. The number of nitrogens with two attached hydrogens (primary N) is 1. The van der Waals surface area contributed by atoms with Crippen LogP contribution in [0.3, 0.4) is 0 Å². The molecular formula is C13H18BrNO. The summed E-state index contributed by atoms with van der Waals surface area (Å²) in [6, 6.07) is 4.04. The van der Waals surface area contributed by atoms with E-state index in [9.17, 15) is 0 Å². The molecule has 0 aliphatic heterocycles. The normalized spacial score (nSPS) is 10.2. The van der Waals surface area contributed by atoms with Crippen molar-refractivity contribution in [1.82, 2.24) is 0 Å². The molecule has 0 saturated heterocycles. The number of halogens is 1. The molecule has 3 heteroatoms. The van der Waals surface area contributed by atoms with Gasteiger partial charge in [-0.25, -0.2) is 0 Å². The molecule has 0 saturated carbocycles. The number of ether oxygens (including phenoxy) is 1. The van der Waals surface area contributed by atoms with Crippen LogP contribution in [0.25, 0.3) is 0 Å². The Bertz CT molecular complexity index is 388. The van der Waals surface area contributed by atoms with Crippen LogP contribution in [0.15, 0.2) is 28.8 Å². The fourth-order valence-electron chi connectivity index (χ4n) is 1.48. The summed E-state index contributed by atoms with van der Waals surface area (Å²) in [5.74, 6) is 0.909. The van der Waals surface area contributed by atoms with Crippen LogP contribution >= 0.6 is 15.9 Å². The molecule has 0 atom stereocenters. The predicted octanol–water partition coefficient (Wildman–Crippen LogP) is 3.56. The van der Waals surface area contributed by atoms with Gasteiger partial charge in [0.05, 0.1) is 6.61 Å². The first-order valence-electron chi connectivity index (χ1n) is 5.31. The number of rotatable bonds is 5. The molecule has 0 aromatic heterocycles. The molecule has 1 aromatic rings. The van der Waals surface area contributed by atoms with E-state index in [2.05, 4.69) is 22.5 Å². The van der Waals surface area contributed by atoms with Gasteiger partial charge in [-0.15, -0.1) is 6.58 Å². The van der Waals surface area contributed by atoms with E-state index >= 15 is 0 Å². The van der Waals surface area contributed by atoms with Crippen molar-refractivity contribution in [3.05, 3.63) is 39.9 Å². The highest BCUT2D eigenvalue weighted by atomic mass is 79.9. The highest BCUT2D eigenvalue weighted by Crippen LogP contribution is 2.28. The van der Waals surface area contributed by atoms with E-state index in [0.717, 1.165) is 33.3 Å². The molecule has 2 N–H and O–H groups in total. The molecular weight excluding hydrogens is 266 g/mol. The minimum atomic E-state index is 0.489. The van der Waals surface area contributed by atoms with Gasteiger partial charge in [0, 0.05) is 23.0 Å². The minimum Gasteiger partial charge on any atom is -0.493 e. The first-order chi connectivity index (χ1) is 7.54. The van der Waals surface area contributed by atoms with Crippen LogP contribution < -0.4 is 10.5 Å². The molecule has 0 aliphatic carbocycles. The van der Waals surface area contributed by atoms with Crippen LogP contribution in [-0.2, 0) is 6.54 Å². The topological polar surface area (TPSA) is 35.2 Å². The Kier molecular flexibility index (Phi) is 5.03. The van der Waals surface area contributed by atoms with Crippen molar-refractivity contribution in [3.63, 3.8) is 0 Å². The summed E-state index contributed by atoms with van der Waals surface area (Å²) in [5, 5.41) is 0. The fourth-order valence-corrected chi connectivity index (χ4v) is 2.10. The number of hydrogen-bond acceptors (Lipinski definition) is 2. The Balaban J connectivity index is 2.81. The van der Waals surface area contributed by atoms with E-state index in [4.69, 9.17) is 10.5 Å². The van der Waals surface area contributed by atoms with Gasteiger partial charge >= 0.3 is 0 Å². The van der Waals surface area contributed by atoms with Crippen LogP contribution in [0.2, 0.25) is 0 Å². The Hall–Kier alpha value is -0.800. The van der Waals surface area contributed by atoms with Crippen molar-refractivity contribution in [2.45, 2.75) is 26.8 Å². The van der Waals surface area contributed by atoms with E-state index in [1.165, 1.54) is 0 Å². The zero-order valence-corrected chi connectivity index (χ0v) is 11.4. The van der Waals surface area contributed by atoms with Crippen LogP contribution in [0.4, 0.5) is 0 Å². The summed E-state index contributed by atoms with van der Waals surface area (Å²) in [6.45, 7) is 9.03. The molecule has 0 heterocycles. The lowest BCUT2D eigenvalue weighted by atomic mass is 10.1. The predicted molar refractivity (Wildman–Crippen MR) is 71.7 cm³/mol. The monoisotopic (exact) mass is 283 g/mol. The fraction of sp³-hybridized carbons (Fsp3) is 0.385. The second-order valence-electron chi connectivity index (χ2n) is 3.97. The molecule has 88 valence electrons. The lowest BCUT2D eigenvalue weighted by Crippen LogP contribution is -2.05. The lowest BCUT2D eigenvalue weighted by Gasteiger charge is -2.14. The maximum atomic E-state index is 5.76. The smallest absolute Gasteiger partial charge is 0.126 e. The third kappa shape index (κ3) is 3.65. The molecule has 0 fully saturated rings. The van der Waals surface area contributed by atoms with Gasteiger partial charge in [0.15, 0.2) is 0 Å². The van der Waals surface area contributed by atoms with Crippen molar-refractivity contribution in [3.8, 4) is 5.75 Å². The van der Waals surface area contributed by atoms with E-state index in [0.29, 0.717) is 13.2 Å². The quantitative estimate of drug-likeness (QED) is 0.839. The third-order valence-electron chi connectivity index (χ3n) is 2.31. The summed E-state index contributed by atoms with van der Waals surface area (Å²) >= 11 is 3.45. The van der Waals surface area contributed by atoms with Gasteiger partial charge in [0.2, 0.25) is 0 Å². The first-order valence-corrected chi connectivity index (χ1v) is 6.10. The number of aryl methyl sites for hydroxylation is 1. The molecule has 1 rings (SSSR count). The van der Waals surface area contributed by atoms with E-state index in [-0.39, 0.29) is 0 Å². The van der Waals surface area contributed by atoms with Gasteiger partial charge in [0.1, 0.15) is 5.75 Å². The third-order valence-corrected chi connectivity index (χ3v) is 2.77. The Labute approximate surface area is 106 Å². The Morgan fingerprint density at radius 1 is 1.50 bits per heavy atom. The average Bonchev–Trinajstić information content (AvgIpc) is 2.20. The summed E-state index contributed by atoms with van der Waals surface area (Å²) in [5.41, 5.74) is 8.97. The SMILES string of the molecule is C=C(C)CCOc1c(C)cc(Br)cc1CN. The zero-order chi connectivity index (χ0) is 12.1. The lowest BCUT2D eigenvalue weighted by molar-refractivity contribution is 0.316. The molecule has 0 bridgehead atoms. The van der Waals surface area contributed by atoms with Crippen LogP contribution in [0, 0.1) is 6.92 Å². The van der Waals surface area contributed by atoms with E-state index in [1.807, 2.05) is 26.0 Å². The maximum absolute atomic E-state index is 5.76. The molecule has 0 radical (unpaired) electrons. The van der Waals surface area contributed by atoms with Gasteiger partial charge in [-0.3, -0.25) is 0 Å². The number of hydrogen-bond donors (Lipinski definition) is 1. The Morgan fingerprint density at radius 3 is 2.75 bits per heavy atom. The minimum absolute atomic E-state index is 0.489. The molecule has 16 heavy (non-hydrogen) atoms. The van der Waals surface area contributed by atoms with Crippen molar-refractivity contribution in [2.75, 3.05) is 6.61 Å². The molecule has 0 spiro atoms. The summed E-state index contributed by atoms with van der Waals surface area (Å²) in [7, 11) is 0. The summed E-state index contributed by atoms with van der Waals surface area (Å²) < 4.78 is 6.80. The molecule has 1 aromatic carbocycles. The second kappa shape index (κ2) is 6.06.